The first-order valence-electron chi connectivity index (χ1n) is 10.4. The van der Waals surface area contributed by atoms with Crippen LogP contribution in [0.2, 0.25) is 10.0 Å². The van der Waals surface area contributed by atoms with Gasteiger partial charge in [0.05, 0.1) is 16.7 Å². The molecule has 0 radical (unpaired) electrons. The van der Waals surface area contributed by atoms with Crippen LogP contribution in [0.25, 0.3) is 5.69 Å². The summed E-state index contributed by atoms with van der Waals surface area (Å²) in [5, 5.41) is 3.29. The first-order valence-corrected chi connectivity index (χ1v) is 11.1. The zero-order valence-electron chi connectivity index (χ0n) is 19.6. The van der Waals surface area contributed by atoms with E-state index < -0.39 is 17.5 Å². The van der Waals surface area contributed by atoms with Gasteiger partial charge < -0.3 is 19.7 Å². The van der Waals surface area contributed by atoms with Crippen molar-refractivity contribution in [1.82, 2.24) is 9.55 Å². The van der Waals surface area contributed by atoms with Gasteiger partial charge in [0.15, 0.2) is 11.5 Å². The lowest BCUT2D eigenvalue weighted by molar-refractivity contribution is -0.0370. The molecule has 0 unspecified atom stereocenters. The average molecular weight is 505 g/mol. The predicted octanol–water partition coefficient (Wildman–Crippen LogP) is 5.08. The summed E-state index contributed by atoms with van der Waals surface area (Å²) in [6.45, 7) is 3.65. The number of benzene rings is 2. The third-order valence-corrected chi connectivity index (χ3v) is 5.48. The Balaban J connectivity index is 2.13. The van der Waals surface area contributed by atoms with E-state index in [1.807, 2.05) is 30.3 Å². The molecule has 0 aliphatic heterocycles. The van der Waals surface area contributed by atoms with Gasteiger partial charge in [-0.1, -0.05) is 41.4 Å². The van der Waals surface area contributed by atoms with E-state index in [1.54, 1.807) is 37.4 Å². The Kier molecular flexibility index (Phi) is 7.86. The first-order chi connectivity index (χ1) is 16.0. The van der Waals surface area contributed by atoms with Crippen molar-refractivity contribution in [2.24, 2.45) is 0 Å². The van der Waals surface area contributed by atoms with Crippen LogP contribution in [0.5, 0.6) is 0 Å². The molecule has 3 aromatic rings. The van der Waals surface area contributed by atoms with Crippen LogP contribution >= 0.6 is 23.2 Å². The minimum atomic E-state index is -0.916. The Bertz CT molecular complexity index is 1190. The number of methoxy groups -OCH3 is 1. The molecule has 0 spiro atoms. The number of hydrogen-bond donors (Lipinski definition) is 1. The summed E-state index contributed by atoms with van der Waals surface area (Å²) in [7, 11) is 5.10. The lowest BCUT2D eigenvalue weighted by Crippen LogP contribution is -2.34. The lowest BCUT2D eigenvalue weighted by atomic mass is 10.1. The highest BCUT2D eigenvalue weighted by Gasteiger charge is 2.32. The van der Waals surface area contributed by atoms with Crippen molar-refractivity contribution in [3.05, 3.63) is 69.8 Å². The molecule has 3 rings (SSSR count). The molecule has 0 saturated carbocycles. The standard InChI is InChI=1S/C24H26Cl2N4O4/c1-24(2,14-33-5)34-22(32)19-20(27-21(31)15-11-12-17(25)18(26)13-15)28-23(29(3)4)30(19)16-9-7-6-8-10-16/h6-13H,14H2,1-5H3,(H,27,31). The summed E-state index contributed by atoms with van der Waals surface area (Å²) in [5.41, 5.74) is 0.0766. The van der Waals surface area contributed by atoms with Crippen molar-refractivity contribution < 1.29 is 19.1 Å². The minimum Gasteiger partial charge on any atom is -0.452 e. The van der Waals surface area contributed by atoms with E-state index in [0.29, 0.717) is 16.7 Å². The topological polar surface area (TPSA) is 85.7 Å². The van der Waals surface area contributed by atoms with Gasteiger partial charge in [0.1, 0.15) is 5.60 Å². The molecule has 34 heavy (non-hydrogen) atoms. The Labute approximate surface area is 208 Å². The van der Waals surface area contributed by atoms with E-state index >= 15 is 0 Å². The monoisotopic (exact) mass is 504 g/mol. The zero-order valence-corrected chi connectivity index (χ0v) is 21.1. The van der Waals surface area contributed by atoms with Crippen molar-refractivity contribution in [3.63, 3.8) is 0 Å². The molecule has 0 aliphatic rings. The molecule has 1 N–H and O–H groups in total. The van der Waals surface area contributed by atoms with Crippen LogP contribution < -0.4 is 10.2 Å². The van der Waals surface area contributed by atoms with Gasteiger partial charge in [0, 0.05) is 32.5 Å². The highest BCUT2D eigenvalue weighted by Crippen LogP contribution is 2.30. The summed E-state index contributed by atoms with van der Waals surface area (Å²) >= 11 is 12.0. The Morgan fingerprint density at radius 2 is 1.76 bits per heavy atom. The number of esters is 1. The van der Waals surface area contributed by atoms with Gasteiger partial charge in [0.2, 0.25) is 5.95 Å². The predicted molar refractivity (Wildman–Crippen MR) is 134 cm³/mol. The Hall–Kier alpha value is -3.07. The first kappa shape index (κ1) is 25.6. The SMILES string of the molecule is COCC(C)(C)OC(=O)c1c(NC(=O)c2ccc(Cl)c(Cl)c2)nc(N(C)C)n1-c1ccccc1. The number of anilines is 2. The van der Waals surface area contributed by atoms with Crippen LogP contribution in [0, 0.1) is 0 Å². The molecular formula is C24H26Cl2N4O4. The molecule has 10 heteroatoms. The number of rotatable bonds is 8. The summed E-state index contributed by atoms with van der Waals surface area (Å²) in [6.07, 6.45) is 0. The smallest absolute Gasteiger partial charge is 0.359 e. The van der Waals surface area contributed by atoms with Crippen LogP contribution in [0.15, 0.2) is 48.5 Å². The molecular weight excluding hydrogens is 479 g/mol. The molecule has 180 valence electrons. The fourth-order valence-electron chi connectivity index (χ4n) is 3.30. The van der Waals surface area contributed by atoms with Gasteiger partial charge >= 0.3 is 5.97 Å². The molecule has 0 bridgehead atoms. The third kappa shape index (κ3) is 5.70. The number of ether oxygens (including phenoxy) is 2. The highest BCUT2D eigenvalue weighted by atomic mass is 35.5. The minimum absolute atomic E-state index is 0.0434. The number of nitrogens with zero attached hydrogens (tertiary/aromatic N) is 3. The van der Waals surface area contributed by atoms with Crippen molar-refractivity contribution in [2.45, 2.75) is 19.4 Å². The molecule has 0 atom stereocenters. The number of carbonyl (C=O) groups is 2. The van der Waals surface area contributed by atoms with Crippen LogP contribution in [0.3, 0.4) is 0 Å². The number of hydrogen-bond acceptors (Lipinski definition) is 6. The second kappa shape index (κ2) is 10.5. The number of carbonyl (C=O) groups excluding carboxylic acids is 2. The van der Waals surface area contributed by atoms with Gasteiger partial charge in [0.25, 0.3) is 5.91 Å². The molecule has 0 fully saturated rings. The Morgan fingerprint density at radius 3 is 2.35 bits per heavy atom. The normalized spacial score (nSPS) is 11.3. The van der Waals surface area contributed by atoms with Crippen LogP contribution in [0.4, 0.5) is 11.8 Å². The van der Waals surface area contributed by atoms with E-state index in [0.717, 1.165) is 0 Å². The fraction of sp³-hybridized carbons (Fsp3) is 0.292. The van der Waals surface area contributed by atoms with Crippen LogP contribution in [0.1, 0.15) is 34.7 Å². The number of halogens is 2. The van der Waals surface area contributed by atoms with E-state index in [2.05, 4.69) is 10.3 Å². The van der Waals surface area contributed by atoms with Crippen molar-refractivity contribution >= 4 is 46.8 Å². The van der Waals surface area contributed by atoms with E-state index in [-0.39, 0.29) is 28.7 Å². The number of para-hydroxylation sites is 1. The number of nitrogens with one attached hydrogen (secondary N) is 1. The summed E-state index contributed by atoms with van der Waals surface area (Å²) in [6, 6.07) is 13.7. The van der Waals surface area contributed by atoms with E-state index in [4.69, 9.17) is 32.7 Å². The van der Waals surface area contributed by atoms with Crippen LogP contribution in [-0.4, -0.2) is 54.8 Å². The van der Waals surface area contributed by atoms with Gasteiger partial charge in [-0.3, -0.25) is 9.36 Å². The second-order valence-electron chi connectivity index (χ2n) is 8.34. The second-order valence-corrected chi connectivity index (χ2v) is 9.15. The lowest BCUT2D eigenvalue weighted by Gasteiger charge is -2.25. The summed E-state index contributed by atoms with van der Waals surface area (Å²) < 4.78 is 12.6. The number of aromatic nitrogens is 2. The van der Waals surface area contributed by atoms with E-state index in [1.165, 1.54) is 25.3 Å². The largest absolute Gasteiger partial charge is 0.452 e. The molecule has 0 aliphatic carbocycles. The average Bonchev–Trinajstić information content (AvgIpc) is 3.15. The molecule has 8 nitrogen and oxygen atoms in total. The molecule has 0 saturated heterocycles. The van der Waals surface area contributed by atoms with Crippen molar-refractivity contribution in [2.75, 3.05) is 38.0 Å². The number of amides is 1. The molecule has 1 heterocycles. The van der Waals surface area contributed by atoms with Gasteiger partial charge in [-0.2, -0.15) is 4.98 Å². The molecule has 2 aromatic carbocycles. The van der Waals surface area contributed by atoms with Gasteiger partial charge in [-0.15, -0.1) is 0 Å². The van der Waals surface area contributed by atoms with Crippen molar-refractivity contribution in [3.8, 4) is 5.69 Å². The quantitative estimate of drug-likeness (QED) is 0.430. The van der Waals surface area contributed by atoms with Crippen molar-refractivity contribution in [1.29, 1.82) is 0 Å². The highest BCUT2D eigenvalue weighted by molar-refractivity contribution is 6.42. The summed E-state index contributed by atoms with van der Waals surface area (Å²) in [5.74, 6) is -0.711. The molecule has 1 aromatic heterocycles. The third-order valence-electron chi connectivity index (χ3n) is 4.74. The summed E-state index contributed by atoms with van der Waals surface area (Å²) in [4.78, 5) is 32.8. The molecule has 1 amide bonds. The van der Waals surface area contributed by atoms with Crippen LogP contribution in [-0.2, 0) is 9.47 Å². The Morgan fingerprint density at radius 1 is 1.09 bits per heavy atom. The maximum absolute atomic E-state index is 13.5. The maximum Gasteiger partial charge on any atom is 0.359 e. The number of imidazole rings is 1. The zero-order chi connectivity index (χ0) is 25.0. The fourth-order valence-corrected chi connectivity index (χ4v) is 3.60. The maximum atomic E-state index is 13.5. The van der Waals surface area contributed by atoms with Gasteiger partial charge in [-0.05, 0) is 44.2 Å². The van der Waals surface area contributed by atoms with Gasteiger partial charge in [-0.25, -0.2) is 4.79 Å². The van der Waals surface area contributed by atoms with E-state index in [9.17, 15) is 9.59 Å².